The van der Waals surface area contributed by atoms with Crippen molar-refractivity contribution in [3.63, 3.8) is 0 Å². The SMILES string of the molecule is CNC(=NC(c1ccccn1)c1ccccc1C)NC#N. The van der Waals surface area contributed by atoms with E-state index < -0.39 is 0 Å². The van der Waals surface area contributed by atoms with Crippen molar-refractivity contribution in [3.8, 4) is 6.19 Å². The number of nitriles is 1. The molecule has 106 valence electrons. The van der Waals surface area contributed by atoms with E-state index in [9.17, 15) is 0 Å². The Balaban J connectivity index is 2.51. The number of hydrogen-bond acceptors (Lipinski definition) is 3. The highest BCUT2D eigenvalue weighted by molar-refractivity contribution is 5.81. The van der Waals surface area contributed by atoms with Gasteiger partial charge in [-0.05, 0) is 30.2 Å². The van der Waals surface area contributed by atoms with Crippen LogP contribution in [-0.2, 0) is 0 Å². The van der Waals surface area contributed by atoms with Crippen LogP contribution in [0.5, 0.6) is 0 Å². The lowest BCUT2D eigenvalue weighted by molar-refractivity contribution is 0.805. The summed E-state index contributed by atoms with van der Waals surface area (Å²) in [5.74, 6) is 0.413. The first-order valence-electron chi connectivity index (χ1n) is 6.63. The predicted octanol–water partition coefficient (Wildman–Crippen LogP) is 2.13. The van der Waals surface area contributed by atoms with E-state index in [1.54, 1.807) is 13.2 Å². The normalized spacial score (nSPS) is 12.3. The molecule has 0 aliphatic rings. The van der Waals surface area contributed by atoms with Gasteiger partial charge in [-0.15, -0.1) is 0 Å². The molecule has 0 aliphatic heterocycles. The van der Waals surface area contributed by atoms with Crippen LogP contribution >= 0.6 is 0 Å². The molecule has 0 saturated carbocycles. The van der Waals surface area contributed by atoms with E-state index in [1.807, 2.05) is 55.6 Å². The van der Waals surface area contributed by atoms with Crippen LogP contribution in [0.3, 0.4) is 0 Å². The number of hydrogen-bond donors (Lipinski definition) is 2. The van der Waals surface area contributed by atoms with Crippen LogP contribution in [0.2, 0.25) is 0 Å². The number of aryl methyl sites for hydroxylation is 1. The fourth-order valence-electron chi connectivity index (χ4n) is 2.07. The van der Waals surface area contributed by atoms with Gasteiger partial charge in [-0.3, -0.25) is 10.3 Å². The molecule has 1 aromatic heterocycles. The lowest BCUT2D eigenvalue weighted by Gasteiger charge is -2.16. The van der Waals surface area contributed by atoms with Gasteiger partial charge in [0, 0.05) is 13.2 Å². The minimum atomic E-state index is -0.268. The van der Waals surface area contributed by atoms with E-state index in [2.05, 4.69) is 20.6 Å². The van der Waals surface area contributed by atoms with Crippen LogP contribution in [0.4, 0.5) is 0 Å². The lowest BCUT2D eigenvalue weighted by atomic mass is 9.99. The molecule has 1 unspecified atom stereocenters. The Labute approximate surface area is 124 Å². The maximum atomic E-state index is 8.78. The van der Waals surface area contributed by atoms with E-state index >= 15 is 0 Å². The Kier molecular flexibility index (Phi) is 4.89. The number of rotatable bonds is 3. The second-order valence-corrected chi connectivity index (χ2v) is 4.48. The van der Waals surface area contributed by atoms with Crippen LogP contribution in [0, 0.1) is 18.4 Å². The van der Waals surface area contributed by atoms with Gasteiger partial charge in [0.1, 0.15) is 6.04 Å². The zero-order valence-electron chi connectivity index (χ0n) is 12.0. The Bertz CT molecular complexity index is 658. The third-order valence-corrected chi connectivity index (χ3v) is 3.12. The summed E-state index contributed by atoms with van der Waals surface area (Å²) < 4.78 is 0. The highest BCUT2D eigenvalue weighted by Crippen LogP contribution is 2.26. The second kappa shape index (κ2) is 7.06. The molecule has 0 saturated heterocycles. The Morgan fingerprint density at radius 2 is 2.00 bits per heavy atom. The van der Waals surface area contributed by atoms with Crippen molar-refractivity contribution in [3.05, 3.63) is 65.5 Å². The maximum Gasteiger partial charge on any atom is 0.205 e. The predicted molar refractivity (Wildman–Crippen MR) is 82.5 cm³/mol. The monoisotopic (exact) mass is 279 g/mol. The largest absolute Gasteiger partial charge is 0.359 e. The molecule has 2 rings (SSSR count). The lowest BCUT2D eigenvalue weighted by Crippen LogP contribution is -2.32. The molecule has 0 bridgehead atoms. The molecule has 21 heavy (non-hydrogen) atoms. The molecule has 2 aromatic rings. The van der Waals surface area contributed by atoms with Crippen molar-refractivity contribution in [1.29, 1.82) is 5.26 Å². The fourth-order valence-corrected chi connectivity index (χ4v) is 2.07. The van der Waals surface area contributed by atoms with E-state index in [0.717, 1.165) is 16.8 Å². The summed E-state index contributed by atoms with van der Waals surface area (Å²) in [6.45, 7) is 2.04. The third kappa shape index (κ3) is 3.57. The summed E-state index contributed by atoms with van der Waals surface area (Å²) in [5, 5.41) is 14.2. The number of aromatic nitrogens is 1. The van der Waals surface area contributed by atoms with Gasteiger partial charge in [-0.2, -0.15) is 5.26 Å². The van der Waals surface area contributed by atoms with Crippen molar-refractivity contribution in [1.82, 2.24) is 15.6 Å². The highest BCUT2D eigenvalue weighted by Gasteiger charge is 2.17. The van der Waals surface area contributed by atoms with Crippen LogP contribution < -0.4 is 10.6 Å². The smallest absolute Gasteiger partial charge is 0.205 e. The van der Waals surface area contributed by atoms with Crippen LogP contribution in [-0.4, -0.2) is 18.0 Å². The molecule has 2 N–H and O–H groups in total. The van der Waals surface area contributed by atoms with Gasteiger partial charge in [-0.25, -0.2) is 4.99 Å². The topological polar surface area (TPSA) is 73.1 Å². The van der Waals surface area contributed by atoms with Crippen molar-refractivity contribution in [2.45, 2.75) is 13.0 Å². The molecular formula is C16H17N5. The van der Waals surface area contributed by atoms with Crippen molar-refractivity contribution >= 4 is 5.96 Å². The van der Waals surface area contributed by atoms with Gasteiger partial charge in [0.15, 0.2) is 6.19 Å². The molecule has 1 aromatic carbocycles. The molecule has 5 nitrogen and oxygen atoms in total. The van der Waals surface area contributed by atoms with Crippen molar-refractivity contribution in [2.24, 2.45) is 4.99 Å². The van der Waals surface area contributed by atoms with Crippen molar-refractivity contribution < 1.29 is 0 Å². The van der Waals surface area contributed by atoms with Gasteiger partial charge < -0.3 is 5.32 Å². The van der Waals surface area contributed by atoms with Crippen LogP contribution in [0.25, 0.3) is 0 Å². The Hall–Kier alpha value is -2.87. The first-order valence-corrected chi connectivity index (χ1v) is 6.63. The average molecular weight is 279 g/mol. The van der Waals surface area contributed by atoms with Gasteiger partial charge in [-0.1, -0.05) is 30.3 Å². The number of benzene rings is 1. The molecule has 0 aliphatic carbocycles. The van der Waals surface area contributed by atoms with Gasteiger partial charge in [0.05, 0.1) is 5.69 Å². The van der Waals surface area contributed by atoms with Crippen LogP contribution in [0.1, 0.15) is 22.9 Å². The Morgan fingerprint density at radius 3 is 2.62 bits per heavy atom. The molecule has 0 spiro atoms. The maximum absolute atomic E-state index is 8.78. The van der Waals surface area contributed by atoms with Gasteiger partial charge in [0.25, 0.3) is 0 Å². The quantitative estimate of drug-likeness (QED) is 0.391. The minimum absolute atomic E-state index is 0.268. The first-order chi connectivity index (χ1) is 10.3. The fraction of sp³-hybridized carbons (Fsp3) is 0.188. The molecule has 5 heteroatoms. The molecular weight excluding hydrogens is 262 g/mol. The number of guanidine groups is 1. The van der Waals surface area contributed by atoms with Gasteiger partial charge >= 0.3 is 0 Å². The zero-order chi connectivity index (χ0) is 15.1. The third-order valence-electron chi connectivity index (χ3n) is 3.12. The Morgan fingerprint density at radius 1 is 1.24 bits per heavy atom. The molecule has 0 amide bonds. The standard InChI is InChI=1S/C16H17N5/c1-12-7-3-4-8-13(12)15(14-9-5-6-10-19-14)21-16(18-2)20-11-17/h3-10,15H,1-2H3,(H2,18,20,21). The molecule has 1 atom stereocenters. The number of pyridine rings is 1. The summed E-state index contributed by atoms with van der Waals surface area (Å²) in [7, 11) is 1.72. The zero-order valence-corrected chi connectivity index (χ0v) is 12.0. The summed E-state index contributed by atoms with van der Waals surface area (Å²) >= 11 is 0. The van der Waals surface area contributed by atoms with Crippen LogP contribution in [0.15, 0.2) is 53.7 Å². The van der Waals surface area contributed by atoms with E-state index in [1.165, 1.54) is 0 Å². The summed E-state index contributed by atoms with van der Waals surface area (Å²) in [4.78, 5) is 8.99. The van der Waals surface area contributed by atoms with E-state index in [0.29, 0.717) is 5.96 Å². The highest BCUT2D eigenvalue weighted by atomic mass is 15.2. The molecule has 1 heterocycles. The summed E-state index contributed by atoms with van der Waals surface area (Å²) in [6, 6.07) is 13.5. The van der Waals surface area contributed by atoms with E-state index in [-0.39, 0.29) is 6.04 Å². The first kappa shape index (κ1) is 14.5. The van der Waals surface area contributed by atoms with Crippen molar-refractivity contribution in [2.75, 3.05) is 7.05 Å². The minimum Gasteiger partial charge on any atom is -0.359 e. The number of aliphatic imine (C=N–C) groups is 1. The molecule has 0 fully saturated rings. The summed E-state index contributed by atoms with van der Waals surface area (Å²) in [5.41, 5.74) is 3.02. The average Bonchev–Trinajstić information content (AvgIpc) is 2.53. The molecule has 0 radical (unpaired) electrons. The second-order valence-electron chi connectivity index (χ2n) is 4.48. The number of nitrogens with zero attached hydrogens (tertiary/aromatic N) is 3. The van der Waals surface area contributed by atoms with Gasteiger partial charge in [0.2, 0.25) is 5.96 Å². The van der Waals surface area contributed by atoms with E-state index in [4.69, 9.17) is 5.26 Å². The number of nitrogens with one attached hydrogen (secondary N) is 2. The summed E-state index contributed by atoms with van der Waals surface area (Å²) in [6.07, 6.45) is 3.62.